The lowest BCUT2D eigenvalue weighted by atomic mass is 9.83. The fraction of sp³-hybridized carbons (Fsp3) is 0.474. The van der Waals surface area contributed by atoms with Gasteiger partial charge in [-0.1, -0.05) is 30.1 Å². The van der Waals surface area contributed by atoms with Gasteiger partial charge >= 0.3 is 0 Å². The molecule has 26 heavy (non-hydrogen) atoms. The number of morpholine rings is 1. The number of hydrogen-bond acceptors (Lipinski definition) is 5. The van der Waals surface area contributed by atoms with Crippen molar-refractivity contribution in [1.82, 2.24) is 4.90 Å². The molecule has 0 atom stereocenters. The molecule has 7 heteroatoms. The van der Waals surface area contributed by atoms with E-state index in [1.807, 2.05) is 6.92 Å². The first-order chi connectivity index (χ1) is 12.4. The van der Waals surface area contributed by atoms with Crippen molar-refractivity contribution in [2.75, 3.05) is 26.3 Å². The third kappa shape index (κ3) is 3.96. The van der Waals surface area contributed by atoms with Crippen LogP contribution in [0.1, 0.15) is 30.9 Å². The molecule has 2 fully saturated rings. The van der Waals surface area contributed by atoms with Crippen molar-refractivity contribution in [2.45, 2.75) is 26.3 Å². The third-order valence-corrected chi connectivity index (χ3v) is 5.57. The van der Waals surface area contributed by atoms with Gasteiger partial charge in [0.25, 0.3) is 0 Å². The summed E-state index contributed by atoms with van der Waals surface area (Å²) in [4.78, 5) is 26.7. The van der Waals surface area contributed by atoms with E-state index in [0.29, 0.717) is 30.3 Å². The molecule has 0 aromatic heterocycles. The minimum absolute atomic E-state index is 0.0101. The monoisotopic (exact) mass is 397 g/mol. The smallest absolute Gasteiger partial charge is 0.170 e. The Morgan fingerprint density at radius 1 is 1.19 bits per heavy atom. The molecule has 1 aliphatic heterocycles. The summed E-state index contributed by atoms with van der Waals surface area (Å²) in [6.07, 6.45) is 0.494. The van der Waals surface area contributed by atoms with Crippen LogP contribution in [0.2, 0.25) is 10.0 Å². The van der Waals surface area contributed by atoms with E-state index in [0.717, 1.165) is 13.1 Å². The molecule has 3 rings (SSSR count). The van der Waals surface area contributed by atoms with Crippen molar-refractivity contribution in [3.05, 3.63) is 38.9 Å². The Morgan fingerprint density at radius 3 is 2.42 bits per heavy atom. The summed E-state index contributed by atoms with van der Waals surface area (Å²) < 4.78 is 5.34. The number of halogens is 2. The molecule has 1 heterocycles. The number of allylic oxidation sites excluding steroid dienone is 1. The molecular formula is C19H21Cl2NO4. The molecule has 0 spiro atoms. The molecular weight excluding hydrogens is 377 g/mol. The van der Waals surface area contributed by atoms with Crippen molar-refractivity contribution < 1.29 is 19.4 Å². The lowest BCUT2D eigenvalue weighted by molar-refractivity contribution is -0.125. The Labute approximate surface area is 162 Å². The summed E-state index contributed by atoms with van der Waals surface area (Å²) in [6, 6.07) is 3.18. The fourth-order valence-corrected chi connectivity index (χ4v) is 3.95. The largest absolute Gasteiger partial charge is 0.506 e. The van der Waals surface area contributed by atoms with Gasteiger partial charge in [0.15, 0.2) is 11.6 Å². The summed E-state index contributed by atoms with van der Waals surface area (Å²) >= 11 is 12.8. The zero-order valence-electron chi connectivity index (χ0n) is 14.6. The van der Waals surface area contributed by atoms with Crippen LogP contribution < -0.4 is 0 Å². The number of aliphatic hydroxyl groups is 1. The first-order valence-corrected chi connectivity index (χ1v) is 9.41. The molecule has 0 amide bonds. The number of rotatable bonds is 3. The Balaban J connectivity index is 1.97. The number of hydrogen-bond donors (Lipinski definition) is 1. The number of nitrogens with zero attached hydrogens (tertiary/aromatic N) is 1. The van der Waals surface area contributed by atoms with E-state index >= 15 is 0 Å². The van der Waals surface area contributed by atoms with Crippen molar-refractivity contribution in [3.8, 4) is 0 Å². The molecule has 1 N–H and O–H groups in total. The van der Waals surface area contributed by atoms with Crippen LogP contribution in [0.25, 0.3) is 5.76 Å². The summed E-state index contributed by atoms with van der Waals surface area (Å²) in [5.74, 6) is -1.04. The lowest BCUT2D eigenvalue weighted by Gasteiger charge is -2.27. The average molecular weight is 398 g/mol. The van der Waals surface area contributed by atoms with Crippen LogP contribution in [0.3, 0.4) is 0 Å². The summed E-state index contributed by atoms with van der Waals surface area (Å²) in [6.45, 7) is 5.17. The summed E-state index contributed by atoms with van der Waals surface area (Å²) in [5, 5.41) is 11.4. The van der Waals surface area contributed by atoms with Gasteiger partial charge in [0.05, 0.1) is 18.2 Å². The van der Waals surface area contributed by atoms with Crippen LogP contribution in [0.4, 0.5) is 0 Å². The Bertz CT molecular complexity index is 749. The van der Waals surface area contributed by atoms with Gasteiger partial charge in [-0.3, -0.25) is 14.5 Å². The number of ketones is 2. The zero-order chi connectivity index (χ0) is 18.8. The molecule has 0 bridgehead atoms. The minimum atomic E-state index is -0.350. The topological polar surface area (TPSA) is 66.8 Å². The Hall–Kier alpha value is -1.40. The van der Waals surface area contributed by atoms with Gasteiger partial charge in [-0.2, -0.15) is 0 Å². The van der Waals surface area contributed by atoms with E-state index in [-0.39, 0.29) is 52.2 Å². The van der Waals surface area contributed by atoms with Crippen LogP contribution >= 0.6 is 23.2 Å². The highest BCUT2D eigenvalue weighted by molar-refractivity contribution is 6.37. The van der Waals surface area contributed by atoms with Crippen LogP contribution in [0.15, 0.2) is 17.7 Å². The van der Waals surface area contributed by atoms with Gasteiger partial charge in [-0.15, -0.1) is 0 Å². The number of Topliss-reactive ketones (excluding diaryl/α,β-unsaturated/α-hetero) is 2. The van der Waals surface area contributed by atoms with E-state index in [1.54, 1.807) is 12.1 Å². The molecule has 1 aromatic carbocycles. The molecule has 1 saturated carbocycles. The van der Waals surface area contributed by atoms with Crippen LogP contribution in [-0.4, -0.2) is 47.9 Å². The van der Waals surface area contributed by atoms with E-state index in [4.69, 9.17) is 27.9 Å². The Morgan fingerprint density at radius 2 is 1.81 bits per heavy atom. The van der Waals surface area contributed by atoms with E-state index in [2.05, 4.69) is 4.90 Å². The molecule has 2 aliphatic rings. The van der Waals surface area contributed by atoms with Crippen molar-refractivity contribution in [1.29, 1.82) is 0 Å². The second kappa shape index (κ2) is 8.09. The maximum Gasteiger partial charge on any atom is 0.170 e. The van der Waals surface area contributed by atoms with Crippen molar-refractivity contribution in [3.63, 3.8) is 0 Å². The SMILES string of the molecule is CC1CC(=O)C(=C(O)c2ccc(Cl)c(CN3CCOCC3)c2Cl)C(=O)C1. The van der Waals surface area contributed by atoms with Crippen LogP contribution in [-0.2, 0) is 20.9 Å². The second-order valence-electron chi connectivity index (χ2n) is 6.86. The highest BCUT2D eigenvalue weighted by Gasteiger charge is 2.32. The number of ether oxygens (including phenoxy) is 1. The highest BCUT2D eigenvalue weighted by atomic mass is 35.5. The molecule has 1 aromatic rings. The maximum absolute atomic E-state index is 12.3. The van der Waals surface area contributed by atoms with Crippen molar-refractivity contribution >= 4 is 40.5 Å². The van der Waals surface area contributed by atoms with Gasteiger partial charge in [-0.05, 0) is 18.1 Å². The summed E-state index contributed by atoms with van der Waals surface area (Å²) in [7, 11) is 0. The molecule has 5 nitrogen and oxygen atoms in total. The lowest BCUT2D eigenvalue weighted by Crippen LogP contribution is -2.35. The van der Waals surface area contributed by atoms with E-state index < -0.39 is 0 Å². The zero-order valence-corrected chi connectivity index (χ0v) is 16.1. The fourth-order valence-electron chi connectivity index (χ4n) is 3.37. The quantitative estimate of drug-likeness (QED) is 0.478. The average Bonchev–Trinajstić information content (AvgIpc) is 2.58. The minimum Gasteiger partial charge on any atom is -0.506 e. The second-order valence-corrected chi connectivity index (χ2v) is 7.64. The van der Waals surface area contributed by atoms with Crippen LogP contribution in [0.5, 0.6) is 0 Å². The predicted molar refractivity (Wildman–Crippen MR) is 101 cm³/mol. The van der Waals surface area contributed by atoms with E-state index in [9.17, 15) is 14.7 Å². The number of carbonyl (C=O) groups excluding carboxylic acids is 2. The standard InChI is InChI=1S/C19H21Cl2NO4/c1-11-8-15(23)17(16(24)9-11)19(25)12-2-3-14(20)13(18(12)21)10-22-4-6-26-7-5-22/h2-3,11,25H,4-10H2,1H3. The normalized spacial score (nSPS) is 22.0. The van der Waals surface area contributed by atoms with Crippen molar-refractivity contribution in [2.24, 2.45) is 5.92 Å². The number of aliphatic hydroxyl groups excluding tert-OH is 1. The molecule has 1 aliphatic carbocycles. The van der Waals surface area contributed by atoms with Gasteiger partial charge in [0.1, 0.15) is 11.3 Å². The molecule has 1 saturated heterocycles. The third-order valence-electron chi connectivity index (χ3n) is 4.79. The number of benzene rings is 1. The molecule has 0 unspecified atom stereocenters. The first-order valence-electron chi connectivity index (χ1n) is 8.65. The highest BCUT2D eigenvalue weighted by Crippen LogP contribution is 2.35. The van der Waals surface area contributed by atoms with E-state index in [1.165, 1.54) is 0 Å². The summed E-state index contributed by atoms with van der Waals surface area (Å²) in [5.41, 5.74) is 0.791. The van der Waals surface area contributed by atoms with Gasteiger partial charge in [-0.25, -0.2) is 0 Å². The van der Waals surface area contributed by atoms with Crippen LogP contribution in [0, 0.1) is 5.92 Å². The molecule has 140 valence electrons. The predicted octanol–water partition coefficient (Wildman–Crippen LogP) is 3.66. The Kier molecular flexibility index (Phi) is 6.03. The number of carbonyl (C=O) groups is 2. The molecule has 0 radical (unpaired) electrons. The van der Waals surface area contributed by atoms with Gasteiger partial charge in [0.2, 0.25) is 0 Å². The van der Waals surface area contributed by atoms with Gasteiger partial charge < -0.3 is 9.84 Å². The van der Waals surface area contributed by atoms with Gasteiger partial charge in [0, 0.05) is 48.6 Å². The maximum atomic E-state index is 12.3. The first kappa shape index (κ1) is 19.4.